The number of nitriles is 1. The Kier molecular flexibility index (Phi) is 4.29. The summed E-state index contributed by atoms with van der Waals surface area (Å²) in [6.45, 7) is 3.69. The van der Waals surface area contributed by atoms with E-state index in [-0.39, 0.29) is 18.0 Å². The lowest BCUT2D eigenvalue weighted by Crippen LogP contribution is -2.53. The molecule has 2 atom stereocenters. The summed E-state index contributed by atoms with van der Waals surface area (Å²) in [6.07, 6.45) is 5.83. The van der Waals surface area contributed by atoms with Gasteiger partial charge in [-0.1, -0.05) is 0 Å². The Bertz CT molecular complexity index is 963. The molecule has 0 aromatic carbocycles. The van der Waals surface area contributed by atoms with Crippen LogP contribution in [0.5, 0.6) is 0 Å². The van der Waals surface area contributed by atoms with Gasteiger partial charge in [0.15, 0.2) is 11.6 Å². The second kappa shape index (κ2) is 6.55. The average molecular weight is 383 g/mol. The molecule has 4 rings (SSSR count). The Labute approximate surface area is 162 Å². The van der Waals surface area contributed by atoms with Gasteiger partial charge in [-0.2, -0.15) is 10.4 Å². The van der Waals surface area contributed by atoms with Gasteiger partial charge in [-0.15, -0.1) is 0 Å². The molecule has 2 saturated heterocycles. The number of aromatic nitrogens is 4. The summed E-state index contributed by atoms with van der Waals surface area (Å²) >= 11 is 0. The molecule has 0 aliphatic carbocycles. The smallest absolute Gasteiger partial charge is 0.231 e. The van der Waals surface area contributed by atoms with Gasteiger partial charge in [0.25, 0.3) is 0 Å². The topological polar surface area (TPSA) is 90.9 Å². The summed E-state index contributed by atoms with van der Waals surface area (Å²) in [6, 6.07) is 2.23. The lowest BCUT2D eigenvalue weighted by atomic mass is 9.93. The van der Waals surface area contributed by atoms with E-state index in [0.717, 1.165) is 12.0 Å². The van der Waals surface area contributed by atoms with Crippen LogP contribution in [0.15, 0.2) is 18.6 Å². The van der Waals surface area contributed by atoms with Crippen molar-refractivity contribution in [2.24, 2.45) is 12.5 Å². The average Bonchev–Trinajstić information content (AvgIpc) is 3.42. The van der Waals surface area contributed by atoms with Crippen LogP contribution < -0.4 is 4.90 Å². The fourth-order valence-electron chi connectivity index (χ4n) is 3.97. The Morgan fingerprint density at radius 1 is 1.36 bits per heavy atom. The first-order valence-electron chi connectivity index (χ1n) is 9.24. The minimum atomic E-state index is -1.00. The van der Waals surface area contributed by atoms with Gasteiger partial charge in [0.05, 0.1) is 35.5 Å². The van der Waals surface area contributed by atoms with Crippen LogP contribution in [0.1, 0.15) is 25.8 Å². The third kappa shape index (κ3) is 2.89. The Hall–Kier alpha value is -3.02. The van der Waals surface area contributed by atoms with Crippen LogP contribution in [0, 0.1) is 16.7 Å². The van der Waals surface area contributed by atoms with Gasteiger partial charge >= 0.3 is 0 Å². The summed E-state index contributed by atoms with van der Waals surface area (Å²) in [5.74, 6) is 0.943. The maximum Gasteiger partial charge on any atom is 0.231 e. The van der Waals surface area contributed by atoms with Gasteiger partial charge in [0.1, 0.15) is 18.3 Å². The molecule has 0 unspecified atom stereocenters. The normalized spacial score (nSPS) is 21.2. The van der Waals surface area contributed by atoms with Gasteiger partial charge in [0.2, 0.25) is 5.91 Å². The molecule has 2 bridgehead atoms. The van der Waals surface area contributed by atoms with E-state index >= 15 is 0 Å². The van der Waals surface area contributed by atoms with Crippen LogP contribution in [0.4, 0.5) is 10.2 Å². The third-order valence-electron chi connectivity index (χ3n) is 5.54. The second-order valence-corrected chi connectivity index (χ2v) is 8.12. The van der Waals surface area contributed by atoms with Crippen LogP contribution in [-0.4, -0.2) is 62.4 Å². The quantitative estimate of drug-likeness (QED) is 0.795. The van der Waals surface area contributed by atoms with Crippen molar-refractivity contribution in [3.05, 3.63) is 24.2 Å². The number of amides is 1. The highest BCUT2D eigenvalue weighted by Gasteiger charge is 2.49. The molecule has 2 aliphatic heterocycles. The molecular formula is C19H22FN7O. The highest BCUT2D eigenvalue weighted by atomic mass is 19.1. The number of piperazine rings is 1. The summed E-state index contributed by atoms with van der Waals surface area (Å²) < 4.78 is 14.9. The van der Waals surface area contributed by atoms with E-state index in [1.54, 1.807) is 29.6 Å². The van der Waals surface area contributed by atoms with Crippen LogP contribution >= 0.6 is 0 Å². The van der Waals surface area contributed by atoms with Crippen molar-refractivity contribution in [2.45, 2.75) is 32.4 Å². The number of hydrogen-bond acceptors (Lipinski definition) is 6. The zero-order valence-corrected chi connectivity index (χ0v) is 16.1. The molecule has 0 N–H and O–H groups in total. The zero-order chi connectivity index (χ0) is 20.1. The predicted molar refractivity (Wildman–Crippen MR) is 100.0 cm³/mol. The molecule has 0 radical (unpaired) electrons. The van der Waals surface area contributed by atoms with Crippen molar-refractivity contribution < 1.29 is 9.18 Å². The van der Waals surface area contributed by atoms with Crippen LogP contribution in [-0.2, 0) is 11.8 Å². The van der Waals surface area contributed by atoms with Gasteiger partial charge in [-0.25, -0.2) is 14.4 Å². The summed E-state index contributed by atoms with van der Waals surface area (Å²) in [5.41, 5.74) is 0.177. The SMILES string of the molecule is Cn1cc(-c2ncc(C#N)c(N3C[C@H]4C[C@H]3CN4C(=O)C(C)(C)CF)n2)cn1. The number of hydrogen-bond donors (Lipinski definition) is 0. The number of nitrogens with zero attached hydrogens (tertiary/aromatic N) is 7. The van der Waals surface area contributed by atoms with E-state index in [0.29, 0.717) is 30.3 Å². The second-order valence-electron chi connectivity index (χ2n) is 8.12. The number of likely N-dealkylation sites (tertiary alicyclic amines) is 1. The number of anilines is 1. The largest absolute Gasteiger partial charge is 0.348 e. The first-order valence-corrected chi connectivity index (χ1v) is 9.24. The number of carbonyl (C=O) groups is 1. The van der Waals surface area contributed by atoms with E-state index in [1.165, 1.54) is 6.20 Å². The molecule has 8 nitrogen and oxygen atoms in total. The fraction of sp³-hybridized carbons (Fsp3) is 0.526. The molecule has 0 saturated carbocycles. The van der Waals surface area contributed by atoms with Gasteiger partial charge < -0.3 is 9.80 Å². The maximum atomic E-state index is 13.2. The molecule has 146 valence electrons. The van der Waals surface area contributed by atoms with Crippen molar-refractivity contribution in [3.8, 4) is 17.5 Å². The molecule has 1 amide bonds. The molecule has 2 aliphatic rings. The monoisotopic (exact) mass is 383 g/mol. The fourth-order valence-corrected chi connectivity index (χ4v) is 3.97. The van der Waals surface area contributed by atoms with Crippen molar-refractivity contribution in [1.29, 1.82) is 5.26 Å². The first kappa shape index (κ1) is 18.3. The standard InChI is InChI=1S/C19H22FN7O/c1-19(2,11-20)18(28)27-10-14-4-15(27)9-26(14)17-12(5-21)6-22-16(24-17)13-7-23-25(3)8-13/h6-8,14-15H,4,9-11H2,1-3H3/t14-,15+/m0/s1. The zero-order valence-electron chi connectivity index (χ0n) is 16.1. The van der Waals surface area contributed by atoms with E-state index in [1.807, 2.05) is 13.2 Å². The maximum absolute atomic E-state index is 13.2. The minimum absolute atomic E-state index is 0.00618. The Balaban J connectivity index is 1.60. The van der Waals surface area contributed by atoms with Crippen LogP contribution in [0.25, 0.3) is 11.4 Å². The van der Waals surface area contributed by atoms with Crippen molar-refractivity contribution in [3.63, 3.8) is 0 Å². The van der Waals surface area contributed by atoms with E-state index < -0.39 is 12.1 Å². The van der Waals surface area contributed by atoms with Crippen LogP contribution in [0.2, 0.25) is 0 Å². The highest BCUT2D eigenvalue weighted by molar-refractivity contribution is 5.83. The molecule has 4 heterocycles. The summed E-state index contributed by atoms with van der Waals surface area (Å²) in [4.78, 5) is 25.5. The number of aryl methyl sites for hydroxylation is 1. The molecule has 2 fully saturated rings. The molecule has 9 heteroatoms. The van der Waals surface area contributed by atoms with Crippen LogP contribution in [0.3, 0.4) is 0 Å². The molecule has 28 heavy (non-hydrogen) atoms. The minimum Gasteiger partial charge on any atom is -0.348 e. The Morgan fingerprint density at radius 2 is 2.14 bits per heavy atom. The van der Waals surface area contributed by atoms with Crippen molar-refractivity contribution in [1.82, 2.24) is 24.6 Å². The van der Waals surface area contributed by atoms with Crippen molar-refractivity contribution in [2.75, 3.05) is 24.7 Å². The van der Waals surface area contributed by atoms with Gasteiger partial charge in [0, 0.05) is 26.3 Å². The summed E-state index contributed by atoms with van der Waals surface area (Å²) in [5, 5.41) is 13.7. The van der Waals surface area contributed by atoms with Gasteiger partial charge in [-0.05, 0) is 20.3 Å². The van der Waals surface area contributed by atoms with Crippen molar-refractivity contribution >= 4 is 11.7 Å². The lowest BCUT2D eigenvalue weighted by molar-refractivity contribution is -0.142. The van der Waals surface area contributed by atoms with E-state index in [4.69, 9.17) is 0 Å². The molecule has 2 aromatic rings. The molecule has 0 spiro atoms. The first-order chi connectivity index (χ1) is 13.3. The lowest BCUT2D eigenvalue weighted by Gasteiger charge is -2.38. The Morgan fingerprint density at radius 3 is 2.71 bits per heavy atom. The van der Waals surface area contributed by atoms with Gasteiger partial charge in [-0.3, -0.25) is 9.48 Å². The molecule has 2 aromatic heterocycles. The number of carbonyl (C=O) groups excluding carboxylic acids is 1. The molecular weight excluding hydrogens is 361 g/mol. The summed E-state index contributed by atoms with van der Waals surface area (Å²) in [7, 11) is 1.82. The van der Waals surface area contributed by atoms with E-state index in [2.05, 4.69) is 26.0 Å². The predicted octanol–water partition coefficient (Wildman–Crippen LogP) is 1.53. The number of rotatable bonds is 4. The number of fused-ring (bicyclic) bond motifs is 2. The third-order valence-corrected chi connectivity index (χ3v) is 5.54. The number of halogens is 1. The number of alkyl halides is 1. The van der Waals surface area contributed by atoms with E-state index in [9.17, 15) is 14.4 Å². The highest BCUT2D eigenvalue weighted by Crippen LogP contribution is 2.37.